The summed E-state index contributed by atoms with van der Waals surface area (Å²) < 4.78 is 0. The highest BCUT2D eigenvalue weighted by Gasteiger charge is 1.92. The molecule has 0 atom stereocenters. The van der Waals surface area contributed by atoms with Gasteiger partial charge in [0.15, 0.2) is 0 Å². The lowest BCUT2D eigenvalue weighted by Crippen LogP contribution is -1.96. The summed E-state index contributed by atoms with van der Waals surface area (Å²) in [6.07, 6.45) is 6.05. The first-order valence-electron chi connectivity index (χ1n) is 4.68. The summed E-state index contributed by atoms with van der Waals surface area (Å²) in [6.45, 7) is 3.99. The Bertz CT molecular complexity index is 334. The average Bonchev–Trinajstić information content (AvgIpc) is 2.20. The van der Waals surface area contributed by atoms with Gasteiger partial charge in [-0.1, -0.05) is 12.2 Å². The second-order valence-corrected chi connectivity index (χ2v) is 2.99. The zero-order valence-corrected chi connectivity index (χ0v) is 8.62. The number of hydrogen-bond donors (Lipinski definition) is 2. The lowest BCUT2D eigenvalue weighted by Gasteiger charge is -2.06. The molecular weight excluding hydrogens is 172 g/mol. The minimum absolute atomic E-state index is 0.781. The Hall–Kier alpha value is -1.70. The average molecular weight is 188 g/mol. The van der Waals surface area contributed by atoms with Crippen LogP contribution in [0.25, 0.3) is 0 Å². The van der Waals surface area contributed by atoms with Crippen molar-refractivity contribution in [2.75, 3.05) is 11.1 Å². The summed E-state index contributed by atoms with van der Waals surface area (Å²) in [5.41, 5.74) is 8.50. The number of nitrogens with two attached hydrogens (primary N) is 1. The van der Waals surface area contributed by atoms with Crippen LogP contribution >= 0.6 is 0 Å². The fourth-order valence-electron chi connectivity index (χ4n) is 1.12. The smallest absolute Gasteiger partial charge is 0.0385 e. The largest absolute Gasteiger partial charge is 0.399 e. The number of anilines is 2. The van der Waals surface area contributed by atoms with Gasteiger partial charge in [0.05, 0.1) is 0 Å². The van der Waals surface area contributed by atoms with Gasteiger partial charge in [0, 0.05) is 17.1 Å². The molecule has 74 valence electrons. The van der Waals surface area contributed by atoms with E-state index >= 15 is 0 Å². The standard InChI is InChI=1S/C12H16N2/c1-3-5-11(4-2)14-12-8-6-10(13)7-9-12/h3-9,14H,13H2,1-2H3/b5-3-,11-4+. The van der Waals surface area contributed by atoms with Gasteiger partial charge in [-0.05, 0) is 44.2 Å². The number of allylic oxidation sites excluding steroid dienone is 3. The van der Waals surface area contributed by atoms with Gasteiger partial charge in [-0.15, -0.1) is 0 Å². The Morgan fingerprint density at radius 2 is 1.86 bits per heavy atom. The van der Waals surface area contributed by atoms with Gasteiger partial charge in [0.25, 0.3) is 0 Å². The van der Waals surface area contributed by atoms with E-state index in [2.05, 4.69) is 5.32 Å². The molecule has 0 spiro atoms. The fraction of sp³-hybridized carbons (Fsp3) is 0.167. The normalized spacial score (nSPS) is 12.0. The molecule has 0 radical (unpaired) electrons. The third kappa shape index (κ3) is 2.98. The van der Waals surface area contributed by atoms with Crippen LogP contribution in [0.15, 0.2) is 48.2 Å². The molecular formula is C12H16N2. The lowest BCUT2D eigenvalue weighted by molar-refractivity contribution is 1.43. The summed E-state index contributed by atoms with van der Waals surface area (Å²) in [7, 11) is 0. The third-order valence-corrected chi connectivity index (χ3v) is 1.86. The van der Waals surface area contributed by atoms with E-state index in [0.29, 0.717) is 0 Å². The minimum Gasteiger partial charge on any atom is -0.399 e. The molecule has 0 unspecified atom stereocenters. The van der Waals surface area contributed by atoms with Crippen molar-refractivity contribution in [2.45, 2.75) is 13.8 Å². The molecule has 1 rings (SSSR count). The van der Waals surface area contributed by atoms with E-state index in [-0.39, 0.29) is 0 Å². The van der Waals surface area contributed by atoms with Crippen LogP contribution in [0.5, 0.6) is 0 Å². The van der Waals surface area contributed by atoms with E-state index in [1.165, 1.54) is 0 Å². The van der Waals surface area contributed by atoms with Crippen LogP contribution in [0.3, 0.4) is 0 Å². The van der Waals surface area contributed by atoms with Gasteiger partial charge in [-0.25, -0.2) is 0 Å². The molecule has 0 aliphatic rings. The van der Waals surface area contributed by atoms with Crippen LogP contribution in [-0.2, 0) is 0 Å². The first-order valence-corrected chi connectivity index (χ1v) is 4.68. The third-order valence-electron chi connectivity index (χ3n) is 1.86. The molecule has 0 heterocycles. The molecule has 0 aromatic heterocycles. The van der Waals surface area contributed by atoms with Crippen molar-refractivity contribution < 1.29 is 0 Å². The maximum Gasteiger partial charge on any atom is 0.0385 e. The van der Waals surface area contributed by atoms with Crippen LogP contribution in [0.2, 0.25) is 0 Å². The van der Waals surface area contributed by atoms with Gasteiger partial charge in [-0.2, -0.15) is 0 Å². The quantitative estimate of drug-likeness (QED) is 0.565. The Balaban J connectivity index is 2.73. The highest BCUT2D eigenvalue weighted by molar-refractivity contribution is 5.55. The Morgan fingerprint density at radius 1 is 1.21 bits per heavy atom. The van der Waals surface area contributed by atoms with Crippen LogP contribution < -0.4 is 11.1 Å². The van der Waals surface area contributed by atoms with E-state index < -0.39 is 0 Å². The number of nitrogens with one attached hydrogen (secondary N) is 1. The summed E-state index contributed by atoms with van der Waals surface area (Å²) in [5.74, 6) is 0. The van der Waals surface area contributed by atoms with Crippen molar-refractivity contribution >= 4 is 11.4 Å². The van der Waals surface area contributed by atoms with Gasteiger partial charge < -0.3 is 11.1 Å². The fourth-order valence-corrected chi connectivity index (χ4v) is 1.12. The van der Waals surface area contributed by atoms with Crippen LogP contribution in [0, 0.1) is 0 Å². The van der Waals surface area contributed by atoms with Gasteiger partial charge >= 0.3 is 0 Å². The van der Waals surface area contributed by atoms with Crippen molar-refractivity contribution in [1.29, 1.82) is 0 Å². The molecule has 0 amide bonds. The summed E-state index contributed by atoms with van der Waals surface area (Å²) in [5, 5.41) is 3.28. The zero-order valence-electron chi connectivity index (χ0n) is 8.62. The number of rotatable bonds is 3. The molecule has 0 saturated heterocycles. The SMILES string of the molecule is C/C=C\C(=C/C)Nc1ccc(N)cc1. The molecule has 0 aliphatic heterocycles. The first-order chi connectivity index (χ1) is 6.76. The molecule has 3 N–H and O–H groups in total. The van der Waals surface area contributed by atoms with Crippen molar-refractivity contribution in [2.24, 2.45) is 0 Å². The van der Waals surface area contributed by atoms with E-state index in [9.17, 15) is 0 Å². The highest BCUT2D eigenvalue weighted by Crippen LogP contribution is 2.13. The van der Waals surface area contributed by atoms with Crippen molar-refractivity contribution in [3.63, 3.8) is 0 Å². The van der Waals surface area contributed by atoms with Crippen molar-refractivity contribution in [3.05, 3.63) is 48.2 Å². The van der Waals surface area contributed by atoms with Gasteiger partial charge in [0.1, 0.15) is 0 Å². The Morgan fingerprint density at radius 3 is 2.36 bits per heavy atom. The van der Waals surface area contributed by atoms with Crippen LogP contribution in [0.4, 0.5) is 11.4 Å². The molecule has 0 saturated carbocycles. The highest BCUT2D eigenvalue weighted by atomic mass is 14.9. The van der Waals surface area contributed by atoms with Gasteiger partial charge in [0.2, 0.25) is 0 Å². The lowest BCUT2D eigenvalue weighted by atomic mass is 10.2. The molecule has 0 aliphatic carbocycles. The summed E-state index contributed by atoms with van der Waals surface area (Å²) >= 11 is 0. The molecule has 2 heteroatoms. The topological polar surface area (TPSA) is 38.0 Å². The number of benzene rings is 1. The first kappa shape index (κ1) is 10.4. The molecule has 2 nitrogen and oxygen atoms in total. The molecule has 1 aromatic rings. The second kappa shape index (κ2) is 5.12. The van der Waals surface area contributed by atoms with Crippen molar-refractivity contribution in [1.82, 2.24) is 0 Å². The van der Waals surface area contributed by atoms with E-state index in [1.54, 1.807) is 0 Å². The maximum atomic E-state index is 5.59. The molecule has 0 bridgehead atoms. The minimum atomic E-state index is 0.781. The van der Waals surface area contributed by atoms with E-state index in [1.807, 2.05) is 56.3 Å². The van der Waals surface area contributed by atoms with Crippen LogP contribution in [0.1, 0.15) is 13.8 Å². The molecule has 14 heavy (non-hydrogen) atoms. The van der Waals surface area contributed by atoms with Crippen molar-refractivity contribution in [3.8, 4) is 0 Å². The maximum absolute atomic E-state index is 5.59. The van der Waals surface area contributed by atoms with Gasteiger partial charge in [-0.3, -0.25) is 0 Å². The predicted molar refractivity (Wildman–Crippen MR) is 63.0 cm³/mol. The monoisotopic (exact) mass is 188 g/mol. The van der Waals surface area contributed by atoms with E-state index in [0.717, 1.165) is 17.1 Å². The van der Waals surface area contributed by atoms with E-state index in [4.69, 9.17) is 5.73 Å². The Labute approximate surface area is 85.1 Å². The Kier molecular flexibility index (Phi) is 3.80. The zero-order chi connectivity index (χ0) is 10.4. The summed E-state index contributed by atoms with van der Waals surface area (Å²) in [6, 6.07) is 7.68. The molecule has 0 fully saturated rings. The number of hydrogen-bond acceptors (Lipinski definition) is 2. The number of nitrogen functional groups attached to an aromatic ring is 1. The second-order valence-electron chi connectivity index (χ2n) is 2.99. The molecule has 1 aromatic carbocycles. The van der Waals surface area contributed by atoms with Crippen LogP contribution in [-0.4, -0.2) is 0 Å². The predicted octanol–water partition coefficient (Wildman–Crippen LogP) is 3.16. The summed E-state index contributed by atoms with van der Waals surface area (Å²) in [4.78, 5) is 0.